The van der Waals surface area contributed by atoms with Crippen molar-refractivity contribution < 1.29 is 19.4 Å². The summed E-state index contributed by atoms with van der Waals surface area (Å²) in [6.45, 7) is 14.9. The average molecular weight is 535 g/mol. The maximum atomic E-state index is 14.6. The molecular formula is C28H47FN6O3. The molecule has 1 atom stereocenters. The monoisotopic (exact) mass is 534 g/mol. The van der Waals surface area contributed by atoms with Crippen LogP contribution in [0.3, 0.4) is 0 Å². The number of phenolic OH excluding ortho intramolecular Hbond substituents is 2. The lowest BCUT2D eigenvalue weighted by Gasteiger charge is -2.32. The van der Waals surface area contributed by atoms with E-state index in [1.807, 2.05) is 34.6 Å². The molecule has 9 nitrogen and oxygen atoms in total. The number of halogens is 1. The molecule has 214 valence electrons. The lowest BCUT2D eigenvalue weighted by atomic mass is 9.98. The molecule has 1 saturated heterocycles. The minimum absolute atomic E-state index is 0.0350. The number of benzene rings is 2. The maximum absolute atomic E-state index is 14.6. The number of nitrogens with zero attached hydrogens (tertiary/aromatic N) is 2. The molecule has 3 rings (SSSR count). The number of phenols is 2. The van der Waals surface area contributed by atoms with Crippen LogP contribution >= 0.6 is 0 Å². The highest BCUT2D eigenvalue weighted by Crippen LogP contribution is 2.35. The second-order valence-corrected chi connectivity index (χ2v) is 9.29. The van der Waals surface area contributed by atoms with Gasteiger partial charge in [-0.05, 0) is 43.7 Å². The van der Waals surface area contributed by atoms with Gasteiger partial charge in [0.2, 0.25) is 5.91 Å². The van der Waals surface area contributed by atoms with Crippen molar-refractivity contribution in [2.45, 2.75) is 53.2 Å². The Morgan fingerprint density at radius 2 is 1.66 bits per heavy atom. The van der Waals surface area contributed by atoms with E-state index in [1.54, 1.807) is 18.2 Å². The van der Waals surface area contributed by atoms with Gasteiger partial charge in [0.25, 0.3) is 0 Å². The number of piperazine rings is 1. The Labute approximate surface area is 227 Å². The number of aromatic hydroxyl groups is 2. The van der Waals surface area contributed by atoms with Crippen LogP contribution in [0.4, 0.5) is 10.1 Å². The summed E-state index contributed by atoms with van der Waals surface area (Å²) in [7, 11) is 2.09. The Kier molecular flexibility index (Phi) is 14.7. The van der Waals surface area contributed by atoms with Gasteiger partial charge in [-0.2, -0.15) is 0 Å². The topological polar surface area (TPSA) is 140 Å². The molecule has 38 heavy (non-hydrogen) atoms. The van der Waals surface area contributed by atoms with Crippen molar-refractivity contribution in [1.29, 1.82) is 0 Å². The van der Waals surface area contributed by atoms with E-state index >= 15 is 0 Å². The Hall–Kier alpha value is -2.92. The van der Waals surface area contributed by atoms with E-state index in [4.69, 9.17) is 11.5 Å². The summed E-state index contributed by atoms with van der Waals surface area (Å²) in [5.41, 5.74) is 13.5. The fraction of sp³-hybridized carbons (Fsp3) is 0.536. The number of carbonyl (C=O) groups is 1. The first-order valence-electron chi connectivity index (χ1n) is 13.3. The van der Waals surface area contributed by atoms with Crippen LogP contribution in [0, 0.1) is 5.82 Å². The predicted octanol–water partition coefficient (Wildman–Crippen LogP) is 3.28. The highest BCUT2D eigenvalue weighted by Gasteiger charge is 2.18. The van der Waals surface area contributed by atoms with E-state index in [1.165, 1.54) is 12.1 Å². The molecule has 10 heteroatoms. The average Bonchev–Trinajstić information content (AvgIpc) is 2.88. The van der Waals surface area contributed by atoms with E-state index in [9.17, 15) is 19.4 Å². The largest absolute Gasteiger partial charge is 0.508 e. The van der Waals surface area contributed by atoms with Gasteiger partial charge in [-0.25, -0.2) is 4.39 Å². The Balaban J connectivity index is 0.000000696. The highest BCUT2D eigenvalue weighted by atomic mass is 19.1. The first-order valence-corrected chi connectivity index (χ1v) is 13.3. The molecule has 0 radical (unpaired) electrons. The summed E-state index contributed by atoms with van der Waals surface area (Å²) in [5, 5.41) is 25.7. The molecule has 1 unspecified atom stereocenters. The minimum Gasteiger partial charge on any atom is -0.508 e. The van der Waals surface area contributed by atoms with E-state index < -0.39 is 6.17 Å². The molecule has 0 bridgehead atoms. The smallest absolute Gasteiger partial charge is 0.233 e. The Morgan fingerprint density at radius 1 is 1.05 bits per heavy atom. The van der Waals surface area contributed by atoms with Crippen molar-refractivity contribution in [2.75, 3.05) is 51.6 Å². The molecule has 0 spiro atoms. The molecule has 0 saturated carbocycles. The van der Waals surface area contributed by atoms with Crippen LogP contribution in [0.5, 0.6) is 11.5 Å². The molecular weight excluding hydrogens is 487 g/mol. The molecule has 1 amide bonds. The molecule has 1 aliphatic heterocycles. The second kappa shape index (κ2) is 16.8. The number of likely N-dealkylation sites (N-methyl/N-ethyl adjacent to an activating group) is 2. The summed E-state index contributed by atoms with van der Waals surface area (Å²) < 4.78 is 14.6. The van der Waals surface area contributed by atoms with E-state index in [2.05, 4.69) is 27.5 Å². The van der Waals surface area contributed by atoms with Crippen molar-refractivity contribution in [3.63, 3.8) is 0 Å². The Morgan fingerprint density at radius 3 is 2.16 bits per heavy atom. The zero-order chi connectivity index (χ0) is 28.8. The molecule has 8 N–H and O–H groups in total. The van der Waals surface area contributed by atoms with Crippen molar-refractivity contribution in [2.24, 2.45) is 11.5 Å². The predicted molar refractivity (Wildman–Crippen MR) is 153 cm³/mol. The quantitative estimate of drug-likeness (QED) is 0.284. The van der Waals surface area contributed by atoms with Gasteiger partial charge in [-0.1, -0.05) is 33.8 Å². The third kappa shape index (κ3) is 10.4. The normalized spacial score (nSPS) is 14.6. The number of hydrogen-bond donors (Lipinski definition) is 6. The lowest BCUT2D eigenvalue weighted by molar-refractivity contribution is -0.119. The summed E-state index contributed by atoms with van der Waals surface area (Å²) in [6, 6.07) is 8.00. The van der Waals surface area contributed by atoms with Crippen molar-refractivity contribution in [3.8, 4) is 11.5 Å². The summed E-state index contributed by atoms with van der Waals surface area (Å²) >= 11 is 0. The fourth-order valence-electron chi connectivity index (χ4n) is 3.86. The standard InChI is InChI=1S/C22H31FN4O2.C4H10N2O.C2H6/c1-14(2)17-11-18(21(29)12-20(17)28)22(24)25-16-5-4-15(19(23)10-16)13-27-8-6-26(3)7-9-27;1-2-6-4(7)3-5;1-2/h4-5,10-12,14,22,25,28-29H,6-9,13,24H2,1-3H3;2-3,5H2,1H3,(H,6,7);1-2H3. The van der Waals surface area contributed by atoms with Gasteiger partial charge in [0, 0.05) is 62.1 Å². The molecule has 1 fully saturated rings. The Bertz CT molecular complexity index is 997. The van der Waals surface area contributed by atoms with Crippen molar-refractivity contribution in [1.82, 2.24) is 15.1 Å². The van der Waals surface area contributed by atoms with Crippen LogP contribution in [0.15, 0.2) is 30.3 Å². The van der Waals surface area contributed by atoms with Gasteiger partial charge >= 0.3 is 0 Å². The van der Waals surface area contributed by atoms with E-state index in [-0.39, 0.29) is 35.7 Å². The lowest BCUT2D eigenvalue weighted by Crippen LogP contribution is -2.44. The minimum atomic E-state index is -0.740. The number of nitrogens with two attached hydrogens (primary N) is 2. The second-order valence-electron chi connectivity index (χ2n) is 9.29. The van der Waals surface area contributed by atoms with Gasteiger partial charge in [0.05, 0.1) is 6.54 Å². The summed E-state index contributed by atoms with van der Waals surface area (Å²) in [5.74, 6) is -0.360. The van der Waals surface area contributed by atoms with Gasteiger partial charge in [0.1, 0.15) is 23.5 Å². The third-order valence-corrected chi connectivity index (χ3v) is 6.06. The first-order chi connectivity index (χ1) is 18.0. The van der Waals surface area contributed by atoms with Crippen LogP contribution in [-0.2, 0) is 11.3 Å². The van der Waals surface area contributed by atoms with E-state index in [0.717, 1.165) is 26.2 Å². The SMILES string of the molecule is CC.CC(C)c1cc(C(N)Nc2ccc(CN3CCN(C)CC3)c(F)c2)c(O)cc1O.CCNC(=O)CN. The number of amides is 1. The molecule has 0 aromatic heterocycles. The molecule has 0 aliphatic carbocycles. The number of anilines is 1. The third-order valence-electron chi connectivity index (χ3n) is 6.06. The number of rotatable bonds is 8. The summed E-state index contributed by atoms with van der Waals surface area (Å²) in [4.78, 5) is 14.7. The van der Waals surface area contributed by atoms with Crippen LogP contribution in [0.1, 0.15) is 63.4 Å². The van der Waals surface area contributed by atoms with Crippen LogP contribution in [0.2, 0.25) is 0 Å². The van der Waals surface area contributed by atoms with Crippen molar-refractivity contribution >= 4 is 11.6 Å². The zero-order valence-electron chi connectivity index (χ0n) is 23.7. The summed E-state index contributed by atoms with van der Waals surface area (Å²) in [6.07, 6.45) is -0.740. The van der Waals surface area contributed by atoms with E-state index in [0.29, 0.717) is 35.5 Å². The maximum Gasteiger partial charge on any atom is 0.233 e. The first kappa shape index (κ1) is 33.1. The van der Waals surface area contributed by atoms with Crippen molar-refractivity contribution in [3.05, 3.63) is 52.8 Å². The number of hydrogen-bond acceptors (Lipinski definition) is 8. The van der Waals surface area contributed by atoms with Crippen LogP contribution in [-0.4, -0.2) is 72.2 Å². The van der Waals surface area contributed by atoms with Gasteiger partial charge in [-0.3, -0.25) is 9.69 Å². The molecule has 2 aromatic rings. The zero-order valence-corrected chi connectivity index (χ0v) is 23.7. The van der Waals surface area contributed by atoms with Gasteiger partial charge in [-0.15, -0.1) is 0 Å². The molecule has 1 aliphatic rings. The van der Waals surface area contributed by atoms with Crippen LogP contribution < -0.4 is 22.1 Å². The number of carbonyl (C=O) groups excluding carboxylic acids is 1. The number of nitrogens with one attached hydrogen (secondary N) is 2. The van der Waals surface area contributed by atoms with Gasteiger partial charge < -0.3 is 37.2 Å². The molecule has 2 aromatic carbocycles. The highest BCUT2D eigenvalue weighted by molar-refractivity contribution is 5.77. The van der Waals surface area contributed by atoms with Crippen LogP contribution in [0.25, 0.3) is 0 Å². The van der Waals surface area contributed by atoms with Gasteiger partial charge in [0.15, 0.2) is 0 Å². The molecule has 1 heterocycles. The fourth-order valence-corrected chi connectivity index (χ4v) is 3.86.